The Morgan fingerprint density at radius 1 is 1.29 bits per heavy atom. The summed E-state index contributed by atoms with van der Waals surface area (Å²) in [6.07, 6.45) is 5.16. The van der Waals surface area contributed by atoms with Gasteiger partial charge in [-0.1, -0.05) is 6.42 Å². The first-order valence-corrected chi connectivity index (χ1v) is 5.81. The topological polar surface area (TPSA) is 6.48 Å². The van der Waals surface area contributed by atoms with E-state index in [0.29, 0.717) is 18.6 Å². The zero-order chi connectivity index (χ0) is 9.97. The van der Waals surface area contributed by atoms with E-state index in [1.807, 2.05) is 0 Å². The summed E-state index contributed by atoms with van der Waals surface area (Å²) in [4.78, 5) is 4.78. The van der Waals surface area contributed by atoms with Crippen LogP contribution in [0.5, 0.6) is 0 Å². The maximum atomic E-state index is 12.5. The summed E-state index contributed by atoms with van der Waals surface area (Å²) in [6.45, 7) is 2.79. The monoisotopic (exact) mass is 200 g/mol. The molecule has 3 heteroatoms. The normalized spacial score (nSPS) is 29.8. The van der Waals surface area contributed by atoms with Gasteiger partial charge in [0.2, 0.25) is 0 Å². The first-order chi connectivity index (χ1) is 6.81. The molecule has 1 atom stereocenters. The smallest absolute Gasteiger partial charge is 0.102 e. The van der Waals surface area contributed by atoms with E-state index in [9.17, 15) is 4.39 Å². The lowest BCUT2D eigenvalue weighted by Crippen LogP contribution is -2.48. The molecule has 1 aliphatic heterocycles. The molecule has 0 bridgehead atoms. The SMILES string of the molecule is CN1CC[C@H](N(CCF)C2CCC2)C1. The largest absolute Gasteiger partial charge is 0.305 e. The van der Waals surface area contributed by atoms with Gasteiger partial charge in [-0.2, -0.15) is 0 Å². The van der Waals surface area contributed by atoms with Crippen molar-refractivity contribution in [2.24, 2.45) is 0 Å². The summed E-state index contributed by atoms with van der Waals surface area (Å²) in [5, 5.41) is 0. The summed E-state index contributed by atoms with van der Waals surface area (Å²) < 4.78 is 12.5. The first kappa shape index (κ1) is 10.4. The minimum atomic E-state index is -0.184. The molecule has 0 aromatic heterocycles. The van der Waals surface area contributed by atoms with Crippen molar-refractivity contribution in [1.29, 1.82) is 0 Å². The van der Waals surface area contributed by atoms with Crippen LogP contribution < -0.4 is 0 Å². The minimum absolute atomic E-state index is 0.184. The zero-order valence-electron chi connectivity index (χ0n) is 9.08. The Hall–Kier alpha value is -0.150. The van der Waals surface area contributed by atoms with E-state index in [2.05, 4.69) is 16.8 Å². The van der Waals surface area contributed by atoms with Crippen LogP contribution in [0.4, 0.5) is 4.39 Å². The molecule has 2 fully saturated rings. The highest BCUT2D eigenvalue weighted by Gasteiger charge is 2.33. The van der Waals surface area contributed by atoms with Crippen LogP contribution in [-0.4, -0.2) is 55.2 Å². The lowest BCUT2D eigenvalue weighted by atomic mass is 9.90. The molecule has 2 aliphatic rings. The summed E-state index contributed by atoms with van der Waals surface area (Å²) in [5.41, 5.74) is 0. The fraction of sp³-hybridized carbons (Fsp3) is 1.00. The Kier molecular flexibility index (Phi) is 3.39. The molecule has 1 heterocycles. The van der Waals surface area contributed by atoms with Gasteiger partial charge in [-0.15, -0.1) is 0 Å². The summed E-state index contributed by atoms with van der Waals surface area (Å²) in [5.74, 6) is 0. The third-order valence-corrected chi connectivity index (χ3v) is 3.72. The maximum absolute atomic E-state index is 12.5. The average Bonchev–Trinajstić information content (AvgIpc) is 2.48. The minimum Gasteiger partial charge on any atom is -0.305 e. The van der Waals surface area contributed by atoms with E-state index in [-0.39, 0.29) is 6.67 Å². The molecule has 0 amide bonds. The predicted octanol–water partition coefficient (Wildman–Crippen LogP) is 1.51. The number of likely N-dealkylation sites (tertiary alicyclic amines) is 1. The molecule has 0 aromatic rings. The quantitative estimate of drug-likeness (QED) is 0.679. The van der Waals surface area contributed by atoms with E-state index < -0.39 is 0 Å². The number of likely N-dealkylation sites (N-methyl/N-ethyl adjacent to an activating group) is 1. The van der Waals surface area contributed by atoms with Crippen LogP contribution in [0.15, 0.2) is 0 Å². The second-order valence-corrected chi connectivity index (χ2v) is 4.72. The van der Waals surface area contributed by atoms with E-state index in [1.54, 1.807) is 0 Å². The molecular weight excluding hydrogens is 179 g/mol. The van der Waals surface area contributed by atoms with Crippen LogP contribution >= 0.6 is 0 Å². The highest BCUT2D eigenvalue weighted by Crippen LogP contribution is 2.28. The number of alkyl halides is 1. The van der Waals surface area contributed by atoms with Gasteiger partial charge in [-0.3, -0.25) is 4.90 Å². The molecular formula is C11H21FN2. The molecule has 1 aliphatic carbocycles. The highest BCUT2D eigenvalue weighted by atomic mass is 19.1. The van der Waals surface area contributed by atoms with E-state index in [1.165, 1.54) is 32.2 Å². The molecule has 0 N–H and O–H groups in total. The molecule has 1 saturated carbocycles. The van der Waals surface area contributed by atoms with Crippen molar-refractivity contribution in [3.63, 3.8) is 0 Å². The summed E-state index contributed by atoms with van der Waals surface area (Å²) in [6, 6.07) is 1.32. The molecule has 82 valence electrons. The molecule has 2 nitrogen and oxygen atoms in total. The van der Waals surface area contributed by atoms with Gasteiger partial charge < -0.3 is 4.90 Å². The Labute approximate surface area is 86.1 Å². The summed E-state index contributed by atoms with van der Waals surface area (Å²) in [7, 11) is 2.16. The highest BCUT2D eigenvalue weighted by molar-refractivity contribution is 4.89. The van der Waals surface area contributed by atoms with Crippen molar-refractivity contribution >= 4 is 0 Å². The van der Waals surface area contributed by atoms with Crippen LogP contribution in [0.1, 0.15) is 25.7 Å². The third kappa shape index (κ3) is 2.09. The average molecular weight is 200 g/mol. The van der Waals surface area contributed by atoms with Crippen molar-refractivity contribution < 1.29 is 4.39 Å². The van der Waals surface area contributed by atoms with Gasteiger partial charge in [-0.25, -0.2) is 4.39 Å². The van der Waals surface area contributed by atoms with Crippen LogP contribution in [0.25, 0.3) is 0 Å². The number of nitrogens with zero attached hydrogens (tertiary/aromatic N) is 2. The molecule has 0 spiro atoms. The van der Waals surface area contributed by atoms with Crippen LogP contribution in [0.2, 0.25) is 0 Å². The van der Waals surface area contributed by atoms with Crippen molar-refractivity contribution in [2.45, 2.75) is 37.8 Å². The lowest BCUT2D eigenvalue weighted by Gasteiger charge is -2.40. The van der Waals surface area contributed by atoms with Crippen LogP contribution in [0.3, 0.4) is 0 Å². The van der Waals surface area contributed by atoms with E-state index in [4.69, 9.17) is 0 Å². The zero-order valence-corrected chi connectivity index (χ0v) is 9.08. The fourth-order valence-corrected chi connectivity index (χ4v) is 2.66. The van der Waals surface area contributed by atoms with Crippen LogP contribution in [-0.2, 0) is 0 Å². The molecule has 14 heavy (non-hydrogen) atoms. The number of hydrogen-bond acceptors (Lipinski definition) is 2. The number of hydrogen-bond donors (Lipinski definition) is 0. The Morgan fingerprint density at radius 2 is 2.07 bits per heavy atom. The van der Waals surface area contributed by atoms with E-state index >= 15 is 0 Å². The molecule has 0 unspecified atom stereocenters. The number of halogens is 1. The molecule has 0 radical (unpaired) electrons. The van der Waals surface area contributed by atoms with Gasteiger partial charge in [0.05, 0.1) is 0 Å². The van der Waals surface area contributed by atoms with Crippen LogP contribution in [0, 0.1) is 0 Å². The molecule has 1 saturated heterocycles. The van der Waals surface area contributed by atoms with Crippen molar-refractivity contribution in [2.75, 3.05) is 33.4 Å². The molecule has 2 rings (SSSR count). The first-order valence-electron chi connectivity index (χ1n) is 5.81. The third-order valence-electron chi connectivity index (χ3n) is 3.72. The Balaban J connectivity index is 1.88. The Bertz CT molecular complexity index is 182. The van der Waals surface area contributed by atoms with Crippen molar-refractivity contribution in [3.05, 3.63) is 0 Å². The second-order valence-electron chi connectivity index (χ2n) is 4.72. The van der Waals surface area contributed by atoms with Gasteiger partial charge in [0.25, 0.3) is 0 Å². The Morgan fingerprint density at radius 3 is 2.50 bits per heavy atom. The van der Waals surface area contributed by atoms with Gasteiger partial charge in [0.1, 0.15) is 6.67 Å². The van der Waals surface area contributed by atoms with Gasteiger partial charge in [0, 0.05) is 25.2 Å². The van der Waals surface area contributed by atoms with Gasteiger partial charge in [-0.05, 0) is 32.9 Å². The van der Waals surface area contributed by atoms with E-state index in [0.717, 1.165) is 6.54 Å². The van der Waals surface area contributed by atoms with Crippen molar-refractivity contribution in [3.8, 4) is 0 Å². The fourth-order valence-electron chi connectivity index (χ4n) is 2.66. The van der Waals surface area contributed by atoms with Crippen molar-refractivity contribution in [1.82, 2.24) is 9.80 Å². The maximum Gasteiger partial charge on any atom is 0.102 e. The summed E-state index contributed by atoms with van der Waals surface area (Å²) >= 11 is 0. The second kappa shape index (κ2) is 4.58. The molecule has 0 aromatic carbocycles. The standard InChI is InChI=1S/C11H21FN2/c1-13-7-5-11(9-13)14(8-6-12)10-3-2-4-10/h10-11H,2-9H2,1H3/t11-/m0/s1. The predicted molar refractivity (Wildman–Crippen MR) is 56.2 cm³/mol. The number of rotatable bonds is 4. The lowest BCUT2D eigenvalue weighted by molar-refractivity contribution is 0.0760. The van der Waals surface area contributed by atoms with Gasteiger partial charge in [0.15, 0.2) is 0 Å². The van der Waals surface area contributed by atoms with Gasteiger partial charge >= 0.3 is 0 Å².